The predicted octanol–water partition coefficient (Wildman–Crippen LogP) is 3.74. The predicted molar refractivity (Wildman–Crippen MR) is 106 cm³/mol. The number of anilines is 1. The molecule has 3 rings (SSSR count). The fraction of sp³-hybridized carbons (Fsp3) is 0.526. The zero-order chi connectivity index (χ0) is 19.1. The molecule has 27 heavy (non-hydrogen) atoms. The zero-order valence-corrected chi connectivity index (χ0v) is 16.6. The maximum absolute atomic E-state index is 12.6. The van der Waals surface area contributed by atoms with Gasteiger partial charge in [-0.3, -0.25) is 4.79 Å². The van der Waals surface area contributed by atoms with Crippen LogP contribution in [0.15, 0.2) is 28.9 Å². The van der Waals surface area contributed by atoms with E-state index in [2.05, 4.69) is 14.7 Å². The lowest BCUT2D eigenvalue weighted by Gasteiger charge is -2.29. The molecule has 1 aliphatic heterocycles. The van der Waals surface area contributed by atoms with Gasteiger partial charge in [0.05, 0.1) is 6.26 Å². The van der Waals surface area contributed by atoms with Crippen LogP contribution < -0.4 is 5.32 Å². The molecule has 1 saturated heterocycles. The van der Waals surface area contributed by atoms with E-state index in [9.17, 15) is 4.79 Å². The van der Waals surface area contributed by atoms with Crippen LogP contribution in [0.3, 0.4) is 0 Å². The molecule has 0 aromatic carbocycles. The summed E-state index contributed by atoms with van der Waals surface area (Å²) >= 11 is 1.34. The third-order valence-electron chi connectivity index (χ3n) is 4.65. The molecule has 0 saturated carbocycles. The topological polar surface area (TPSA) is 80.5 Å². The molecule has 146 valence electrons. The molecule has 2 atom stereocenters. The Hall–Kier alpha value is -2.19. The lowest BCUT2D eigenvalue weighted by Crippen LogP contribution is -2.41. The average Bonchev–Trinajstić information content (AvgIpc) is 3.33. The second-order valence-corrected chi connectivity index (χ2v) is 7.41. The fourth-order valence-corrected chi connectivity index (χ4v) is 3.74. The first kappa shape index (κ1) is 19.6. The maximum Gasteiger partial charge on any atom is 0.246 e. The van der Waals surface area contributed by atoms with Crippen molar-refractivity contribution < 1.29 is 13.9 Å². The summed E-state index contributed by atoms with van der Waals surface area (Å²) in [4.78, 5) is 19.0. The Labute approximate surface area is 163 Å². The van der Waals surface area contributed by atoms with Crippen LogP contribution in [-0.4, -0.2) is 46.4 Å². The maximum atomic E-state index is 12.6. The quantitative estimate of drug-likeness (QED) is 0.757. The Morgan fingerprint density at radius 2 is 2.37 bits per heavy atom. The normalized spacial score (nSPS) is 19.6. The number of methoxy groups -OCH3 is 1. The lowest BCUT2D eigenvalue weighted by atomic mass is 10.0. The van der Waals surface area contributed by atoms with Crippen molar-refractivity contribution in [3.05, 3.63) is 36.1 Å². The van der Waals surface area contributed by atoms with Crippen molar-refractivity contribution in [1.29, 1.82) is 0 Å². The lowest BCUT2D eigenvalue weighted by molar-refractivity contribution is -0.126. The third-order valence-corrected chi connectivity index (χ3v) is 5.31. The number of rotatable bonds is 6. The molecule has 0 aliphatic carbocycles. The van der Waals surface area contributed by atoms with Crippen molar-refractivity contribution in [2.24, 2.45) is 0 Å². The Kier molecular flexibility index (Phi) is 7.00. The SMILES string of the molecule is COC(C)c1nsc(NC2CCCCCN(C(=O)C=Cc3ccco3)C2)n1. The van der Waals surface area contributed by atoms with E-state index in [-0.39, 0.29) is 18.1 Å². The molecule has 3 heterocycles. The van der Waals surface area contributed by atoms with Gasteiger partial charge in [-0.2, -0.15) is 4.37 Å². The number of likely N-dealkylation sites (tertiary alicyclic amines) is 1. The molecule has 2 aromatic heterocycles. The number of carbonyl (C=O) groups is 1. The Morgan fingerprint density at radius 1 is 1.48 bits per heavy atom. The van der Waals surface area contributed by atoms with Gasteiger partial charge in [-0.05, 0) is 38.0 Å². The fourth-order valence-electron chi connectivity index (χ4n) is 3.02. The van der Waals surface area contributed by atoms with Gasteiger partial charge in [-0.15, -0.1) is 0 Å². The number of hydrogen-bond acceptors (Lipinski definition) is 7. The molecule has 1 amide bonds. The second-order valence-electron chi connectivity index (χ2n) is 6.66. The van der Waals surface area contributed by atoms with Crippen molar-refractivity contribution in [1.82, 2.24) is 14.3 Å². The number of nitrogens with one attached hydrogen (secondary N) is 1. The molecule has 7 nitrogen and oxygen atoms in total. The van der Waals surface area contributed by atoms with Gasteiger partial charge in [0.2, 0.25) is 11.0 Å². The number of nitrogens with zero attached hydrogens (tertiary/aromatic N) is 3. The summed E-state index contributed by atoms with van der Waals surface area (Å²) in [5.41, 5.74) is 0. The number of carbonyl (C=O) groups excluding carboxylic acids is 1. The molecule has 2 unspecified atom stereocenters. The van der Waals surface area contributed by atoms with Gasteiger partial charge in [0.25, 0.3) is 0 Å². The van der Waals surface area contributed by atoms with Crippen LogP contribution in [0, 0.1) is 0 Å². The van der Waals surface area contributed by atoms with Gasteiger partial charge >= 0.3 is 0 Å². The molecule has 1 aliphatic rings. The first-order chi connectivity index (χ1) is 13.2. The minimum absolute atomic E-state index is 0.00561. The van der Waals surface area contributed by atoms with E-state index in [1.165, 1.54) is 11.5 Å². The molecule has 8 heteroatoms. The first-order valence-corrected chi connectivity index (χ1v) is 10.1. The standard InChI is InChI=1S/C19H26N4O3S/c1-14(25-2)18-21-19(27-22-18)20-15-7-4-3-5-11-23(13-15)17(24)10-9-16-8-6-12-26-16/h6,8-10,12,14-15H,3-5,7,11,13H2,1-2H3,(H,20,21,22). The van der Waals surface area contributed by atoms with Crippen LogP contribution >= 0.6 is 11.5 Å². The molecule has 1 fully saturated rings. The minimum atomic E-state index is -0.126. The minimum Gasteiger partial charge on any atom is -0.465 e. The highest BCUT2D eigenvalue weighted by Gasteiger charge is 2.21. The van der Waals surface area contributed by atoms with Crippen LogP contribution in [-0.2, 0) is 9.53 Å². The van der Waals surface area contributed by atoms with Crippen molar-refractivity contribution in [2.75, 3.05) is 25.5 Å². The van der Waals surface area contributed by atoms with Crippen molar-refractivity contribution in [3.63, 3.8) is 0 Å². The van der Waals surface area contributed by atoms with Crippen LogP contribution in [0.5, 0.6) is 0 Å². The van der Waals surface area contributed by atoms with Gasteiger partial charge in [0.15, 0.2) is 5.82 Å². The molecule has 2 aromatic rings. The van der Waals surface area contributed by atoms with Crippen LogP contribution in [0.4, 0.5) is 5.13 Å². The van der Waals surface area contributed by atoms with E-state index < -0.39 is 0 Å². The molecule has 1 N–H and O–H groups in total. The third kappa shape index (κ3) is 5.64. The van der Waals surface area contributed by atoms with Gasteiger partial charge in [-0.1, -0.05) is 12.8 Å². The smallest absolute Gasteiger partial charge is 0.246 e. The highest BCUT2D eigenvalue weighted by Crippen LogP contribution is 2.21. The molecule has 0 spiro atoms. The van der Waals surface area contributed by atoms with Crippen molar-refractivity contribution >= 4 is 28.6 Å². The van der Waals surface area contributed by atoms with Gasteiger partial charge < -0.3 is 19.4 Å². The van der Waals surface area contributed by atoms with E-state index in [0.717, 1.165) is 37.4 Å². The molecule has 0 radical (unpaired) electrons. The second kappa shape index (κ2) is 9.66. The highest BCUT2D eigenvalue weighted by atomic mass is 32.1. The monoisotopic (exact) mass is 390 g/mol. The van der Waals surface area contributed by atoms with Gasteiger partial charge in [0, 0.05) is 43.8 Å². The van der Waals surface area contributed by atoms with Crippen molar-refractivity contribution in [2.45, 2.75) is 44.8 Å². The van der Waals surface area contributed by atoms with Crippen LogP contribution in [0.2, 0.25) is 0 Å². The van der Waals surface area contributed by atoms with E-state index >= 15 is 0 Å². The summed E-state index contributed by atoms with van der Waals surface area (Å²) in [5, 5.41) is 4.23. The Morgan fingerprint density at radius 3 is 3.15 bits per heavy atom. The summed E-state index contributed by atoms with van der Waals surface area (Å²) < 4.78 is 14.9. The number of ether oxygens (including phenoxy) is 1. The Balaban J connectivity index is 1.62. The van der Waals surface area contributed by atoms with E-state index in [1.807, 2.05) is 17.9 Å². The molecule has 0 bridgehead atoms. The van der Waals surface area contributed by atoms with Crippen molar-refractivity contribution in [3.8, 4) is 0 Å². The van der Waals surface area contributed by atoms with Gasteiger partial charge in [0.1, 0.15) is 11.9 Å². The van der Waals surface area contributed by atoms with E-state index in [0.29, 0.717) is 18.1 Å². The highest BCUT2D eigenvalue weighted by molar-refractivity contribution is 7.09. The molecular formula is C19H26N4O3S. The zero-order valence-electron chi connectivity index (χ0n) is 15.8. The summed E-state index contributed by atoms with van der Waals surface area (Å²) in [5.74, 6) is 1.37. The summed E-state index contributed by atoms with van der Waals surface area (Å²) in [6.45, 7) is 3.34. The van der Waals surface area contributed by atoms with Crippen LogP contribution in [0.25, 0.3) is 6.08 Å². The van der Waals surface area contributed by atoms with E-state index in [1.54, 1.807) is 31.6 Å². The van der Waals surface area contributed by atoms with E-state index in [4.69, 9.17) is 9.15 Å². The number of furan rings is 1. The first-order valence-electron chi connectivity index (χ1n) is 9.29. The van der Waals surface area contributed by atoms with Gasteiger partial charge in [-0.25, -0.2) is 4.98 Å². The summed E-state index contributed by atoms with van der Waals surface area (Å²) in [7, 11) is 1.65. The summed E-state index contributed by atoms with van der Waals surface area (Å²) in [6, 6.07) is 3.79. The average molecular weight is 391 g/mol. The molecular weight excluding hydrogens is 364 g/mol. The number of aromatic nitrogens is 2. The summed E-state index contributed by atoms with van der Waals surface area (Å²) in [6.07, 6.45) is 9.06. The Bertz CT molecular complexity index is 744. The largest absolute Gasteiger partial charge is 0.465 e. The number of amides is 1. The number of hydrogen-bond donors (Lipinski definition) is 1. The van der Waals surface area contributed by atoms with Crippen LogP contribution in [0.1, 0.15) is 50.3 Å².